The smallest absolute Gasteiger partial charge is 0.229 e. The summed E-state index contributed by atoms with van der Waals surface area (Å²) in [5, 5.41) is 4.26. The maximum absolute atomic E-state index is 12.9. The van der Waals surface area contributed by atoms with Crippen LogP contribution in [0.4, 0.5) is 0 Å². The summed E-state index contributed by atoms with van der Waals surface area (Å²) in [6, 6.07) is 0. The summed E-state index contributed by atoms with van der Waals surface area (Å²) < 4.78 is 1.84. The van der Waals surface area contributed by atoms with Crippen molar-refractivity contribution in [1.29, 1.82) is 0 Å². The van der Waals surface area contributed by atoms with Crippen LogP contribution in [-0.4, -0.2) is 45.2 Å². The zero-order valence-corrected chi connectivity index (χ0v) is 14.8. The first-order valence-corrected chi connectivity index (χ1v) is 8.98. The Morgan fingerprint density at radius 1 is 1.30 bits per heavy atom. The number of carbonyl (C=O) groups excluding carboxylic acids is 1. The standard InChI is InChI=1S/C18H30N4O/c1-15(2)11-21(13-16-10-19-20(3)12-16)14-22-9-8-18(17(22)23)6-4-5-7-18/h10,12,15H,4-9,11,13-14H2,1-3H3. The minimum absolute atomic E-state index is 0.00218. The molecule has 1 aliphatic carbocycles. The lowest BCUT2D eigenvalue weighted by Gasteiger charge is -2.30. The van der Waals surface area contributed by atoms with Crippen molar-refractivity contribution >= 4 is 5.91 Å². The highest BCUT2D eigenvalue weighted by Gasteiger charge is 2.48. The van der Waals surface area contributed by atoms with Crippen LogP contribution >= 0.6 is 0 Å². The summed E-state index contributed by atoms with van der Waals surface area (Å²) in [7, 11) is 1.95. The molecule has 2 heterocycles. The molecular formula is C18H30N4O. The molecule has 1 saturated carbocycles. The number of aryl methyl sites for hydroxylation is 1. The minimum atomic E-state index is -0.00218. The first-order chi connectivity index (χ1) is 11.0. The molecule has 0 aromatic carbocycles. The largest absolute Gasteiger partial charge is 0.329 e. The van der Waals surface area contributed by atoms with Gasteiger partial charge in [-0.15, -0.1) is 0 Å². The highest BCUT2D eigenvalue weighted by Crippen LogP contribution is 2.46. The fourth-order valence-electron chi connectivity index (χ4n) is 4.29. The van der Waals surface area contributed by atoms with Crippen molar-refractivity contribution in [3.8, 4) is 0 Å². The Hall–Kier alpha value is -1.36. The second kappa shape index (κ2) is 6.63. The van der Waals surface area contributed by atoms with Crippen molar-refractivity contribution in [3.63, 3.8) is 0 Å². The molecule has 1 saturated heterocycles. The van der Waals surface area contributed by atoms with E-state index in [-0.39, 0.29) is 5.41 Å². The lowest BCUT2D eigenvalue weighted by atomic mass is 9.85. The quantitative estimate of drug-likeness (QED) is 0.809. The van der Waals surface area contributed by atoms with Crippen LogP contribution in [0, 0.1) is 11.3 Å². The van der Waals surface area contributed by atoms with E-state index in [9.17, 15) is 4.79 Å². The van der Waals surface area contributed by atoms with Gasteiger partial charge in [0.25, 0.3) is 0 Å². The Balaban J connectivity index is 1.65. The maximum atomic E-state index is 12.9. The molecule has 1 aromatic heterocycles. The van der Waals surface area contributed by atoms with E-state index in [1.807, 2.05) is 17.9 Å². The minimum Gasteiger partial charge on any atom is -0.329 e. The van der Waals surface area contributed by atoms with Crippen molar-refractivity contribution in [2.45, 2.75) is 52.5 Å². The second-order valence-electron chi connectivity index (χ2n) is 7.88. The summed E-state index contributed by atoms with van der Waals surface area (Å²) in [6.45, 7) is 8.03. The summed E-state index contributed by atoms with van der Waals surface area (Å²) in [5.74, 6) is 1.000. The van der Waals surface area contributed by atoms with Gasteiger partial charge in [0.1, 0.15) is 0 Å². The van der Waals surface area contributed by atoms with Crippen molar-refractivity contribution in [2.75, 3.05) is 19.8 Å². The van der Waals surface area contributed by atoms with Gasteiger partial charge in [-0.1, -0.05) is 26.7 Å². The molecule has 2 aliphatic rings. The van der Waals surface area contributed by atoms with Crippen LogP contribution in [0.15, 0.2) is 12.4 Å². The Kier molecular flexibility index (Phi) is 4.76. The number of amides is 1. The topological polar surface area (TPSA) is 41.4 Å². The zero-order chi connectivity index (χ0) is 16.4. The van der Waals surface area contributed by atoms with Crippen LogP contribution in [0.3, 0.4) is 0 Å². The van der Waals surface area contributed by atoms with Gasteiger partial charge < -0.3 is 4.90 Å². The van der Waals surface area contributed by atoms with E-state index in [0.717, 1.165) is 45.6 Å². The number of rotatable bonds is 6. The molecular weight excluding hydrogens is 288 g/mol. The number of hydrogen-bond acceptors (Lipinski definition) is 3. The lowest BCUT2D eigenvalue weighted by molar-refractivity contribution is -0.137. The molecule has 5 heteroatoms. The van der Waals surface area contributed by atoms with E-state index in [0.29, 0.717) is 11.8 Å². The van der Waals surface area contributed by atoms with Crippen LogP contribution in [0.25, 0.3) is 0 Å². The predicted octanol–water partition coefficient (Wildman–Crippen LogP) is 2.63. The third-order valence-corrected chi connectivity index (χ3v) is 5.32. The fourth-order valence-corrected chi connectivity index (χ4v) is 4.29. The average molecular weight is 318 g/mol. The van der Waals surface area contributed by atoms with E-state index >= 15 is 0 Å². The van der Waals surface area contributed by atoms with E-state index < -0.39 is 0 Å². The molecule has 5 nitrogen and oxygen atoms in total. The number of carbonyl (C=O) groups is 1. The molecule has 1 spiro atoms. The first-order valence-electron chi connectivity index (χ1n) is 8.98. The van der Waals surface area contributed by atoms with Crippen LogP contribution in [0.1, 0.15) is 51.5 Å². The van der Waals surface area contributed by atoms with Gasteiger partial charge in [0.2, 0.25) is 5.91 Å². The number of nitrogens with zero attached hydrogens (tertiary/aromatic N) is 4. The third kappa shape index (κ3) is 3.60. The van der Waals surface area contributed by atoms with E-state index in [2.05, 4.69) is 34.9 Å². The van der Waals surface area contributed by atoms with Gasteiger partial charge in [-0.2, -0.15) is 5.10 Å². The van der Waals surface area contributed by atoms with Gasteiger partial charge in [-0.3, -0.25) is 14.4 Å². The normalized spacial score (nSPS) is 20.6. The highest BCUT2D eigenvalue weighted by molar-refractivity contribution is 5.85. The van der Waals surface area contributed by atoms with Crippen LogP contribution in [-0.2, 0) is 18.4 Å². The summed E-state index contributed by atoms with van der Waals surface area (Å²) in [4.78, 5) is 17.4. The molecule has 1 aliphatic heterocycles. The van der Waals surface area contributed by atoms with E-state index in [4.69, 9.17) is 0 Å². The van der Waals surface area contributed by atoms with Gasteiger partial charge in [0.05, 0.1) is 18.3 Å². The summed E-state index contributed by atoms with van der Waals surface area (Å²) in [6.07, 6.45) is 9.73. The van der Waals surface area contributed by atoms with E-state index in [1.165, 1.54) is 18.4 Å². The molecule has 0 N–H and O–H groups in total. The molecule has 0 bridgehead atoms. The van der Waals surface area contributed by atoms with Gasteiger partial charge in [-0.25, -0.2) is 0 Å². The maximum Gasteiger partial charge on any atom is 0.229 e. The number of aromatic nitrogens is 2. The Morgan fingerprint density at radius 3 is 2.65 bits per heavy atom. The summed E-state index contributed by atoms with van der Waals surface area (Å²) in [5.41, 5.74) is 1.22. The fraction of sp³-hybridized carbons (Fsp3) is 0.778. The Morgan fingerprint density at radius 2 is 2.04 bits per heavy atom. The number of hydrogen-bond donors (Lipinski definition) is 0. The lowest BCUT2D eigenvalue weighted by Crippen LogP contribution is -2.42. The van der Waals surface area contributed by atoms with E-state index in [1.54, 1.807) is 0 Å². The monoisotopic (exact) mass is 318 g/mol. The van der Waals surface area contributed by atoms with Gasteiger partial charge in [0, 0.05) is 38.4 Å². The highest BCUT2D eigenvalue weighted by atomic mass is 16.2. The SMILES string of the molecule is CC(C)CN(Cc1cnn(C)c1)CN1CCC2(CCCC2)C1=O. The Labute approximate surface area is 139 Å². The molecule has 0 atom stereocenters. The van der Waals surface area contributed by atoms with Crippen molar-refractivity contribution in [1.82, 2.24) is 19.6 Å². The molecule has 0 unspecified atom stereocenters. The van der Waals surface area contributed by atoms with Crippen LogP contribution < -0.4 is 0 Å². The summed E-state index contributed by atoms with van der Waals surface area (Å²) >= 11 is 0. The van der Waals surface area contributed by atoms with Gasteiger partial charge in [0.15, 0.2) is 0 Å². The van der Waals surface area contributed by atoms with Crippen molar-refractivity contribution < 1.29 is 4.79 Å². The Bertz CT molecular complexity index is 545. The van der Waals surface area contributed by atoms with Crippen molar-refractivity contribution in [3.05, 3.63) is 18.0 Å². The zero-order valence-electron chi connectivity index (χ0n) is 14.8. The first kappa shape index (κ1) is 16.5. The van der Waals surface area contributed by atoms with Gasteiger partial charge in [-0.05, 0) is 25.2 Å². The molecule has 3 rings (SSSR count). The molecule has 2 fully saturated rings. The predicted molar refractivity (Wildman–Crippen MR) is 90.6 cm³/mol. The third-order valence-electron chi connectivity index (χ3n) is 5.32. The second-order valence-corrected chi connectivity index (χ2v) is 7.88. The van der Waals surface area contributed by atoms with Gasteiger partial charge >= 0.3 is 0 Å². The van der Waals surface area contributed by atoms with Crippen molar-refractivity contribution in [2.24, 2.45) is 18.4 Å². The molecule has 0 radical (unpaired) electrons. The molecule has 23 heavy (non-hydrogen) atoms. The van der Waals surface area contributed by atoms with Crippen LogP contribution in [0.2, 0.25) is 0 Å². The molecule has 1 aromatic rings. The molecule has 128 valence electrons. The number of likely N-dealkylation sites (tertiary alicyclic amines) is 1. The van der Waals surface area contributed by atoms with Crippen LogP contribution in [0.5, 0.6) is 0 Å². The average Bonchev–Trinajstić information content (AvgIpc) is 3.18. The molecule has 1 amide bonds.